The van der Waals surface area contributed by atoms with Crippen molar-refractivity contribution in [1.82, 2.24) is 0 Å². The minimum atomic E-state index is -0.142. The van der Waals surface area contributed by atoms with Crippen LogP contribution >= 0.6 is 15.9 Å². The van der Waals surface area contributed by atoms with Crippen LogP contribution in [0.4, 0.5) is 0 Å². The van der Waals surface area contributed by atoms with E-state index in [1.165, 1.54) is 13.0 Å². The van der Waals surface area contributed by atoms with Crippen molar-refractivity contribution in [3.05, 3.63) is 10.6 Å². The van der Waals surface area contributed by atoms with Crippen LogP contribution in [0.2, 0.25) is 0 Å². The molecule has 0 radical (unpaired) electrons. The topological polar surface area (TPSA) is 34.1 Å². The Labute approximate surface area is 55.7 Å². The van der Waals surface area contributed by atoms with Gasteiger partial charge in [0.05, 0.1) is 4.48 Å². The number of halogens is 1. The molecule has 0 aromatic rings. The molecular formula is C5H5BrO2. The van der Waals surface area contributed by atoms with Gasteiger partial charge in [0, 0.05) is 0 Å². The molecule has 8 heavy (non-hydrogen) atoms. The quantitative estimate of drug-likeness (QED) is 0.466. The Hall–Kier alpha value is -0.440. The van der Waals surface area contributed by atoms with Gasteiger partial charge in [0.1, 0.15) is 6.29 Å². The van der Waals surface area contributed by atoms with Gasteiger partial charge in [0.25, 0.3) is 0 Å². The molecule has 44 valence electrons. The summed E-state index contributed by atoms with van der Waals surface area (Å²) < 4.78 is 0.313. The summed E-state index contributed by atoms with van der Waals surface area (Å²) in [6.45, 7) is 1.38. The predicted molar refractivity (Wildman–Crippen MR) is 33.8 cm³/mol. The van der Waals surface area contributed by atoms with Gasteiger partial charge in [0.15, 0.2) is 5.78 Å². The van der Waals surface area contributed by atoms with Crippen LogP contribution in [0, 0.1) is 0 Å². The van der Waals surface area contributed by atoms with E-state index in [0.717, 1.165) is 0 Å². The molecule has 0 bridgehead atoms. The standard InChI is InChI=1S/C5H5BrO2/c1-4(8)5(6)2-3-7/h2-3H,1H3. The fourth-order valence-electron chi connectivity index (χ4n) is 0.177. The van der Waals surface area contributed by atoms with Crippen molar-refractivity contribution in [2.24, 2.45) is 0 Å². The van der Waals surface area contributed by atoms with Crippen LogP contribution in [0.5, 0.6) is 0 Å². The largest absolute Gasteiger partial charge is 0.299 e. The number of hydrogen-bond donors (Lipinski definition) is 0. The van der Waals surface area contributed by atoms with Gasteiger partial charge in [-0.15, -0.1) is 0 Å². The van der Waals surface area contributed by atoms with Crippen molar-refractivity contribution < 1.29 is 9.59 Å². The molecule has 0 fully saturated rings. The van der Waals surface area contributed by atoms with Gasteiger partial charge in [-0.05, 0) is 28.9 Å². The molecule has 0 saturated heterocycles. The van der Waals surface area contributed by atoms with E-state index in [1.54, 1.807) is 0 Å². The highest BCUT2D eigenvalue weighted by atomic mass is 79.9. The molecule has 0 saturated carbocycles. The highest BCUT2D eigenvalue weighted by Crippen LogP contribution is 2.02. The Bertz CT molecular complexity index is 137. The zero-order valence-corrected chi connectivity index (χ0v) is 5.94. The maximum absolute atomic E-state index is 10.3. The minimum Gasteiger partial charge on any atom is -0.299 e. The van der Waals surface area contributed by atoms with E-state index >= 15 is 0 Å². The second-order valence-electron chi connectivity index (χ2n) is 1.21. The number of hydrogen-bond acceptors (Lipinski definition) is 2. The molecule has 0 aromatic carbocycles. The summed E-state index contributed by atoms with van der Waals surface area (Å²) in [5.41, 5.74) is 0. The van der Waals surface area contributed by atoms with E-state index in [4.69, 9.17) is 0 Å². The fourth-order valence-corrected chi connectivity index (χ4v) is 0.285. The molecule has 3 heteroatoms. The summed E-state index contributed by atoms with van der Waals surface area (Å²) in [4.78, 5) is 19.9. The van der Waals surface area contributed by atoms with E-state index in [9.17, 15) is 9.59 Å². The Morgan fingerprint density at radius 1 is 1.62 bits per heavy atom. The minimum absolute atomic E-state index is 0.142. The molecule has 0 spiro atoms. The number of aldehydes is 1. The summed E-state index contributed by atoms with van der Waals surface area (Å²) in [7, 11) is 0. The van der Waals surface area contributed by atoms with Crippen LogP contribution in [0.25, 0.3) is 0 Å². The first-order valence-electron chi connectivity index (χ1n) is 2.00. The maximum Gasteiger partial charge on any atom is 0.166 e. The molecule has 0 aliphatic carbocycles. The average Bonchev–Trinajstić information content (AvgIpc) is 1.67. The number of allylic oxidation sites excluding steroid dienone is 2. The molecule has 2 nitrogen and oxygen atoms in total. The van der Waals surface area contributed by atoms with E-state index in [-0.39, 0.29) is 5.78 Å². The third kappa shape index (κ3) is 2.69. The van der Waals surface area contributed by atoms with Crippen LogP contribution in [0.1, 0.15) is 6.92 Å². The third-order valence-electron chi connectivity index (χ3n) is 0.551. The SMILES string of the molecule is CC(=O)C(Br)=CC=O. The lowest BCUT2D eigenvalue weighted by Crippen LogP contribution is -1.87. The molecule has 0 atom stereocenters. The third-order valence-corrected chi connectivity index (χ3v) is 1.37. The normalized spacial score (nSPS) is 11.0. The van der Waals surface area contributed by atoms with E-state index in [2.05, 4.69) is 15.9 Å². The monoisotopic (exact) mass is 176 g/mol. The second kappa shape index (κ2) is 3.55. The molecule has 0 N–H and O–H groups in total. The second-order valence-corrected chi connectivity index (χ2v) is 2.06. The number of carbonyl (C=O) groups is 2. The zero-order valence-electron chi connectivity index (χ0n) is 4.35. The smallest absolute Gasteiger partial charge is 0.166 e. The van der Waals surface area contributed by atoms with Gasteiger partial charge < -0.3 is 0 Å². The lowest BCUT2D eigenvalue weighted by atomic mass is 10.4. The van der Waals surface area contributed by atoms with Crippen molar-refractivity contribution in [1.29, 1.82) is 0 Å². The van der Waals surface area contributed by atoms with Crippen LogP contribution in [0.3, 0.4) is 0 Å². The number of carbonyl (C=O) groups excluding carboxylic acids is 2. The van der Waals surface area contributed by atoms with Crippen molar-refractivity contribution >= 4 is 28.0 Å². The Kier molecular flexibility index (Phi) is 3.35. The summed E-state index contributed by atoms with van der Waals surface area (Å²) in [6, 6.07) is 0. The number of Topliss-reactive ketones (excluding diaryl/α,β-unsaturated/α-hetero) is 1. The van der Waals surface area contributed by atoms with Crippen LogP contribution < -0.4 is 0 Å². The summed E-state index contributed by atoms with van der Waals surface area (Å²) >= 11 is 2.88. The first kappa shape index (κ1) is 7.56. The van der Waals surface area contributed by atoms with E-state index < -0.39 is 0 Å². The predicted octanol–water partition coefficient (Wildman–Crippen LogP) is 1.05. The number of ketones is 1. The van der Waals surface area contributed by atoms with Gasteiger partial charge in [0.2, 0.25) is 0 Å². The summed E-state index contributed by atoms with van der Waals surface area (Å²) in [5.74, 6) is -0.142. The van der Waals surface area contributed by atoms with Crippen molar-refractivity contribution in [2.75, 3.05) is 0 Å². The average molecular weight is 177 g/mol. The fraction of sp³-hybridized carbons (Fsp3) is 0.200. The van der Waals surface area contributed by atoms with Crippen LogP contribution in [0.15, 0.2) is 10.6 Å². The summed E-state index contributed by atoms with van der Waals surface area (Å²) in [6.07, 6.45) is 1.73. The first-order chi connectivity index (χ1) is 3.68. The first-order valence-corrected chi connectivity index (χ1v) is 2.79. The van der Waals surface area contributed by atoms with Gasteiger partial charge in [-0.25, -0.2) is 0 Å². The molecule has 0 rings (SSSR count). The van der Waals surface area contributed by atoms with Crippen molar-refractivity contribution in [3.8, 4) is 0 Å². The molecule has 0 aliphatic rings. The van der Waals surface area contributed by atoms with E-state index in [0.29, 0.717) is 10.8 Å². The van der Waals surface area contributed by atoms with Gasteiger partial charge in [-0.2, -0.15) is 0 Å². The zero-order chi connectivity index (χ0) is 6.57. The Morgan fingerprint density at radius 3 is 2.25 bits per heavy atom. The Balaban J connectivity index is 3.99. The Morgan fingerprint density at radius 2 is 2.12 bits per heavy atom. The van der Waals surface area contributed by atoms with Gasteiger partial charge >= 0.3 is 0 Å². The van der Waals surface area contributed by atoms with Gasteiger partial charge in [-0.3, -0.25) is 9.59 Å². The van der Waals surface area contributed by atoms with Crippen molar-refractivity contribution in [3.63, 3.8) is 0 Å². The lowest BCUT2D eigenvalue weighted by molar-refractivity contribution is -0.113. The number of rotatable bonds is 2. The van der Waals surface area contributed by atoms with E-state index in [1.807, 2.05) is 0 Å². The van der Waals surface area contributed by atoms with Gasteiger partial charge in [-0.1, -0.05) is 0 Å². The maximum atomic E-state index is 10.3. The molecule has 0 unspecified atom stereocenters. The van der Waals surface area contributed by atoms with Crippen molar-refractivity contribution in [2.45, 2.75) is 6.92 Å². The molecule has 0 heterocycles. The van der Waals surface area contributed by atoms with Crippen LogP contribution in [-0.4, -0.2) is 12.1 Å². The van der Waals surface area contributed by atoms with Crippen LogP contribution in [-0.2, 0) is 9.59 Å². The molecule has 0 aliphatic heterocycles. The highest BCUT2D eigenvalue weighted by Gasteiger charge is 1.93. The summed E-state index contributed by atoms with van der Waals surface area (Å²) in [5, 5.41) is 0. The molecule has 0 aromatic heterocycles. The highest BCUT2D eigenvalue weighted by molar-refractivity contribution is 9.12. The molecule has 0 amide bonds. The lowest BCUT2D eigenvalue weighted by Gasteiger charge is -1.82. The molecular weight excluding hydrogens is 172 g/mol.